The minimum absolute atomic E-state index is 0.141. The number of carbonyl (C=O) groups is 1. The van der Waals surface area contributed by atoms with Crippen LogP contribution in [0.15, 0.2) is 48.5 Å². The third kappa shape index (κ3) is 4.62. The number of halogens is 3. The number of nitrogens with one attached hydrogen (secondary N) is 1. The van der Waals surface area contributed by atoms with Gasteiger partial charge in [-0.3, -0.25) is 4.79 Å². The maximum absolute atomic E-state index is 13.1. The summed E-state index contributed by atoms with van der Waals surface area (Å²) in [4.78, 5) is 12.3. The van der Waals surface area contributed by atoms with Gasteiger partial charge in [0.15, 0.2) is 0 Å². The van der Waals surface area contributed by atoms with Gasteiger partial charge in [-0.15, -0.1) is 0 Å². The molecule has 1 aliphatic carbocycles. The number of amides is 1. The van der Waals surface area contributed by atoms with E-state index in [2.05, 4.69) is 5.32 Å². The summed E-state index contributed by atoms with van der Waals surface area (Å²) in [5, 5.41) is 2.93. The van der Waals surface area contributed by atoms with E-state index < -0.39 is 17.2 Å². The summed E-state index contributed by atoms with van der Waals surface area (Å²) < 4.78 is 39.3. The fourth-order valence-electron chi connectivity index (χ4n) is 3.80. The Morgan fingerprint density at radius 1 is 1.07 bits per heavy atom. The molecule has 2 aromatic carbocycles. The van der Waals surface area contributed by atoms with E-state index in [0.717, 1.165) is 37.3 Å². The third-order valence-electron chi connectivity index (χ3n) is 5.33. The largest absolute Gasteiger partial charge is 0.416 e. The Morgan fingerprint density at radius 3 is 2.37 bits per heavy atom. The van der Waals surface area contributed by atoms with E-state index in [1.165, 1.54) is 12.1 Å². The molecular formula is C21H23F3N2O. The van der Waals surface area contributed by atoms with E-state index in [-0.39, 0.29) is 12.3 Å². The highest BCUT2D eigenvalue weighted by Gasteiger charge is 2.38. The number of nitrogen functional groups attached to an aromatic ring is 1. The van der Waals surface area contributed by atoms with Crippen LogP contribution >= 0.6 is 0 Å². The molecule has 2 aromatic rings. The zero-order valence-electron chi connectivity index (χ0n) is 15.0. The van der Waals surface area contributed by atoms with E-state index >= 15 is 0 Å². The molecule has 0 radical (unpaired) electrons. The molecule has 0 aromatic heterocycles. The molecule has 6 heteroatoms. The maximum Gasteiger partial charge on any atom is 0.416 e. The highest BCUT2D eigenvalue weighted by Crippen LogP contribution is 2.42. The number of nitrogens with two attached hydrogens (primary N) is 1. The van der Waals surface area contributed by atoms with Crippen LogP contribution in [-0.4, -0.2) is 12.5 Å². The summed E-state index contributed by atoms with van der Waals surface area (Å²) in [5.41, 5.74) is 6.71. The van der Waals surface area contributed by atoms with Crippen molar-refractivity contribution in [3.8, 4) is 0 Å². The molecule has 3 rings (SSSR count). The molecule has 0 heterocycles. The van der Waals surface area contributed by atoms with Crippen molar-refractivity contribution in [2.24, 2.45) is 0 Å². The molecule has 0 atom stereocenters. The second kappa shape index (κ2) is 7.62. The van der Waals surface area contributed by atoms with Crippen LogP contribution in [-0.2, 0) is 22.8 Å². The minimum atomic E-state index is -4.37. The van der Waals surface area contributed by atoms with Crippen LogP contribution in [0.1, 0.15) is 42.4 Å². The number of hydrogen-bond donors (Lipinski definition) is 2. The predicted molar refractivity (Wildman–Crippen MR) is 99.2 cm³/mol. The molecule has 1 saturated carbocycles. The van der Waals surface area contributed by atoms with Gasteiger partial charge in [0, 0.05) is 17.6 Å². The smallest absolute Gasteiger partial charge is 0.399 e. The van der Waals surface area contributed by atoms with Gasteiger partial charge in [0.25, 0.3) is 0 Å². The standard InChI is InChI=1S/C21H23F3N2O/c22-21(23,24)17-5-3-4-16(13-17)20(10-1-2-11-20)14-26-19(27)12-15-6-8-18(25)9-7-15/h3-9,13H,1-2,10-12,14,25H2,(H,26,27). The van der Waals surface area contributed by atoms with Crippen molar-refractivity contribution in [2.45, 2.75) is 43.7 Å². The Bertz CT molecular complexity index is 794. The van der Waals surface area contributed by atoms with Crippen molar-refractivity contribution >= 4 is 11.6 Å². The molecule has 1 fully saturated rings. The zero-order valence-corrected chi connectivity index (χ0v) is 15.0. The van der Waals surface area contributed by atoms with Crippen molar-refractivity contribution in [2.75, 3.05) is 12.3 Å². The van der Waals surface area contributed by atoms with E-state index in [0.29, 0.717) is 17.8 Å². The SMILES string of the molecule is Nc1ccc(CC(=O)NCC2(c3cccc(C(F)(F)F)c3)CCCC2)cc1. The first kappa shape index (κ1) is 19.3. The van der Waals surface area contributed by atoms with Gasteiger partial charge in [-0.1, -0.05) is 43.2 Å². The lowest BCUT2D eigenvalue weighted by molar-refractivity contribution is -0.137. The summed E-state index contributed by atoms with van der Waals surface area (Å²) in [7, 11) is 0. The topological polar surface area (TPSA) is 55.1 Å². The Balaban J connectivity index is 1.72. The Labute approximate surface area is 156 Å². The first-order valence-electron chi connectivity index (χ1n) is 9.07. The van der Waals surface area contributed by atoms with Crippen molar-refractivity contribution in [1.82, 2.24) is 5.32 Å². The molecule has 0 aliphatic heterocycles. The Morgan fingerprint density at radius 2 is 1.74 bits per heavy atom. The molecule has 0 spiro atoms. The zero-order chi connectivity index (χ0) is 19.5. The summed E-state index contributed by atoms with van der Waals surface area (Å²) >= 11 is 0. The van der Waals surface area contributed by atoms with E-state index in [9.17, 15) is 18.0 Å². The van der Waals surface area contributed by atoms with Crippen LogP contribution < -0.4 is 11.1 Å². The van der Waals surface area contributed by atoms with Crippen LogP contribution in [0.4, 0.5) is 18.9 Å². The fourth-order valence-corrected chi connectivity index (χ4v) is 3.80. The minimum Gasteiger partial charge on any atom is -0.399 e. The highest BCUT2D eigenvalue weighted by molar-refractivity contribution is 5.78. The van der Waals surface area contributed by atoms with E-state index in [4.69, 9.17) is 5.73 Å². The number of rotatable bonds is 5. The number of alkyl halides is 3. The van der Waals surface area contributed by atoms with Gasteiger partial charge >= 0.3 is 6.18 Å². The maximum atomic E-state index is 13.1. The lowest BCUT2D eigenvalue weighted by Crippen LogP contribution is -2.39. The molecule has 144 valence electrons. The summed E-state index contributed by atoms with van der Waals surface area (Å²) in [6.07, 6.45) is -0.700. The van der Waals surface area contributed by atoms with Crippen molar-refractivity contribution in [1.29, 1.82) is 0 Å². The second-order valence-corrected chi connectivity index (χ2v) is 7.26. The van der Waals surface area contributed by atoms with Crippen LogP contribution in [0.2, 0.25) is 0 Å². The molecule has 0 bridgehead atoms. The van der Waals surface area contributed by atoms with E-state index in [1.807, 2.05) is 0 Å². The van der Waals surface area contributed by atoms with Crippen LogP contribution in [0.5, 0.6) is 0 Å². The summed E-state index contributed by atoms with van der Waals surface area (Å²) in [5.74, 6) is -0.141. The fraction of sp³-hybridized carbons (Fsp3) is 0.381. The number of hydrogen-bond acceptors (Lipinski definition) is 2. The molecule has 3 nitrogen and oxygen atoms in total. The van der Waals surface area contributed by atoms with E-state index in [1.54, 1.807) is 30.3 Å². The monoisotopic (exact) mass is 376 g/mol. The van der Waals surface area contributed by atoms with Gasteiger partial charge in [-0.2, -0.15) is 13.2 Å². The first-order chi connectivity index (χ1) is 12.8. The summed E-state index contributed by atoms with van der Waals surface area (Å²) in [6.45, 7) is 0.349. The van der Waals surface area contributed by atoms with Crippen molar-refractivity contribution in [3.63, 3.8) is 0 Å². The molecule has 3 N–H and O–H groups in total. The predicted octanol–water partition coefficient (Wildman–Crippen LogP) is 4.46. The first-order valence-corrected chi connectivity index (χ1v) is 9.07. The molecule has 27 heavy (non-hydrogen) atoms. The number of benzene rings is 2. The van der Waals surface area contributed by atoms with Crippen molar-refractivity contribution in [3.05, 3.63) is 65.2 Å². The van der Waals surface area contributed by atoms with Gasteiger partial charge in [0.1, 0.15) is 0 Å². The third-order valence-corrected chi connectivity index (χ3v) is 5.33. The molecular weight excluding hydrogens is 353 g/mol. The lowest BCUT2D eigenvalue weighted by atomic mass is 9.78. The van der Waals surface area contributed by atoms with Crippen LogP contribution in [0, 0.1) is 0 Å². The van der Waals surface area contributed by atoms with Gasteiger partial charge in [0.2, 0.25) is 5.91 Å². The highest BCUT2D eigenvalue weighted by atomic mass is 19.4. The van der Waals surface area contributed by atoms with Crippen molar-refractivity contribution < 1.29 is 18.0 Å². The van der Waals surface area contributed by atoms with Gasteiger partial charge in [-0.25, -0.2) is 0 Å². The molecule has 0 unspecified atom stereocenters. The molecule has 1 amide bonds. The molecule has 0 saturated heterocycles. The average Bonchev–Trinajstić information content (AvgIpc) is 3.12. The normalized spacial score (nSPS) is 16.3. The second-order valence-electron chi connectivity index (χ2n) is 7.26. The lowest BCUT2D eigenvalue weighted by Gasteiger charge is -2.30. The van der Waals surface area contributed by atoms with Gasteiger partial charge in [0.05, 0.1) is 12.0 Å². The summed E-state index contributed by atoms with van der Waals surface area (Å²) in [6, 6.07) is 12.6. The van der Waals surface area contributed by atoms with Crippen LogP contribution in [0.25, 0.3) is 0 Å². The Hall–Kier alpha value is -2.50. The quantitative estimate of drug-likeness (QED) is 0.757. The van der Waals surface area contributed by atoms with Gasteiger partial charge < -0.3 is 11.1 Å². The molecule has 1 aliphatic rings. The Kier molecular flexibility index (Phi) is 5.44. The number of carbonyl (C=O) groups excluding carboxylic acids is 1. The number of anilines is 1. The van der Waals surface area contributed by atoms with Gasteiger partial charge in [-0.05, 0) is 42.2 Å². The van der Waals surface area contributed by atoms with Crippen LogP contribution in [0.3, 0.4) is 0 Å². The average molecular weight is 376 g/mol.